The molecule has 1 atom stereocenters. The van der Waals surface area contributed by atoms with E-state index in [2.05, 4.69) is 42.2 Å². The van der Waals surface area contributed by atoms with E-state index in [9.17, 15) is 5.11 Å². The molecular weight excluding hydrogens is 299 g/mol. The summed E-state index contributed by atoms with van der Waals surface area (Å²) in [6, 6.07) is 6.06. The van der Waals surface area contributed by atoms with E-state index in [4.69, 9.17) is 0 Å². The Kier molecular flexibility index (Phi) is 4.80. The summed E-state index contributed by atoms with van der Waals surface area (Å²) in [5.41, 5.74) is 3.39. The first-order valence-electron chi connectivity index (χ1n) is 5.10. The van der Waals surface area contributed by atoms with Crippen molar-refractivity contribution < 1.29 is 5.11 Å². The van der Waals surface area contributed by atoms with Gasteiger partial charge in [0.1, 0.15) is 0 Å². The van der Waals surface area contributed by atoms with Gasteiger partial charge in [-0.3, -0.25) is 0 Å². The Hall–Kier alpha value is -0.350. The van der Waals surface area contributed by atoms with Gasteiger partial charge in [-0.2, -0.15) is 0 Å². The lowest BCUT2D eigenvalue weighted by Crippen LogP contribution is -2.01. The number of benzene rings is 1. The van der Waals surface area contributed by atoms with Crippen molar-refractivity contribution in [2.24, 2.45) is 0 Å². The Morgan fingerprint density at radius 1 is 1.53 bits per heavy atom. The van der Waals surface area contributed by atoms with Crippen molar-refractivity contribution in [2.45, 2.75) is 32.8 Å². The summed E-state index contributed by atoms with van der Waals surface area (Å²) >= 11 is 2.29. The third-order valence-corrected chi connectivity index (χ3v) is 3.90. The van der Waals surface area contributed by atoms with Crippen LogP contribution in [0.15, 0.2) is 30.4 Å². The molecule has 0 aromatic heterocycles. The van der Waals surface area contributed by atoms with E-state index in [0.29, 0.717) is 0 Å². The zero-order chi connectivity index (χ0) is 11.4. The number of aliphatic hydroxyl groups excluding tert-OH is 1. The molecule has 0 spiro atoms. The molecule has 1 nitrogen and oxygen atoms in total. The molecule has 0 bridgehead atoms. The molecule has 0 radical (unpaired) electrons. The van der Waals surface area contributed by atoms with Crippen molar-refractivity contribution in [2.75, 3.05) is 0 Å². The molecule has 1 aromatic rings. The van der Waals surface area contributed by atoms with Crippen LogP contribution in [0, 0.1) is 10.5 Å². The van der Waals surface area contributed by atoms with Crippen molar-refractivity contribution in [3.05, 3.63) is 45.0 Å². The zero-order valence-electron chi connectivity index (χ0n) is 9.26. The van der Waals surface area contributed by atoms with Gasteiger partial charge in [-0.25, -0.2) is 0 Å². The summed E-state index contributed by atoms with van der Waals surface area (Å²) in [5, 5.41) is 10.0. The molecule has 0 heterocycles. The Morgan fingerprint density at radius 3 is 2.80 bits per heavy atom. The SMILES string of the molecule is C=C(C)CCC(O)c1cccc(C)c1I. The van der Waals surface area contributed by atoms with E-state index in [-0.39, 0.29) is 6.10 Å². The van der Waals surface area contributed by atoms with Crippen LogP contribution in [0.5, 0.6) is 0 Å². The van der Waals surface area contributed by atoms with Crippen LogP contribution in [0.1, 0.15) is 37.0 Å². The van der Waals surface area contributed by atoms with Crippen molar-refractivity contribution in [1.82, 2.24) is 0 Å². The summed E-state index contributed by atoms with van der Waals surface area (Å²) < 4.78 is 1.17. The monoisotopic (exact) mass is 316 g/mol. The maximum absolute atomic E-state index is 10.0. The zero-order valence-corrected chi connectivity index (χ0v) is 11.4. The van der Waals surface area contributed by atoms with Gasteiger partial charge in [-0.15, -0.1) is 6.58 Å². The van der Waals surface area contributed by atoms with Gasteiger partial charge in [0.15, 0.2) is 0 Å². The maximum Gasteiger partial charge on any atom is 0.0803 e. The van der Waals surface area contributed by atoms with Gasteiger partial charge in [0, 0.05) is 3.57 Å². The van der Waals surface area contributed by atoms with Gasteiger partial charge in [-0.05, 0) is 60.4 Å². The summed E-state index contributed by atoms with van der Waals surface area (Å²) in [6.45, 7) is 7.91. The highest BCUT2D eigenvalue weighted by Crippen LogP contribution is 2.26. The minimum atomic E-state index is -0.367. The Bertz CT molecular complexity index is 358. The molecule has 15 heavy (non-hydrogen) atoms. The van der Waals surface area contributed by atoms with E-state index in [0.717, 1.165) is 24.0 Å². The smallest absolute Gasteiger partial charge is 0.0803 e. The van der Waals surface area contributed by atoms with Gasteiger partial charge < -0.3 is 5.11 Å². The Balaban J connectivity index is 2.77. The molecule has 0 fully saturated rings. The van der Waals surface area contributed by atoms with Crippen LogP contribution in [0.3, 0.4) is 0 Å². The van der Waals surface area contributed by atoms with Crippen LogP contribution < -0.4 is 0 Å². The Morgan fingerprint density at radius 2 is 2.20 bits per heavy atom. The first-order valence-corrected chi connectivity index (χ1v) is 6.17. The van der Waals surface area contributed by atoms with E-state index in [1.165, 1.54) is 9.13 Å². The molecule has 1 N–H and O–H groups in total. The van der Waals surface area contributed by atoms with Gasteiger partial charge in [0.2, 0.25) is 0 Å². The van der Waals surface area contributed by atoms with Gasteiger partial charge in [0.05, 0.1) is 6.10 Å². The highest BCUT2D eigenvalue weighted by Gasteiger charge is 2.11. The third kappa shape index (κ3) is 3.61. The van der Waals surface area contributed by atoms with Crippen LogP contribution in [0.2, 0.25) is 0 Å². The molecule has 0 amide bonds. The number of aliphatic hydroxyl groups is 1. The number of halogens is 1. The van der Waals surface area contributed by atoms with Crippen molar-refractivity contribution in [1.29, 1.82) is 0 Å². The molecule has 0 saturated carbocycles. The molecule has 1 unspecified atom stereocenters. The fourth-order valence-electron chi connectivity index (χ4n) is 1.47. The summed E-state index contributed by atoms with van der Waals surface area (Å²) in [6.07, 6.45) is 1.27. The van der Waals surface area contributed by atoms with Crippen molar-refractivity contribution >= 4 is 22.6 Å². The van der Waals surface area contributed by atoms with Gasteiger partial charge in [-0.1, -0.05) is 23.8 Å². The minimum absolute atomic E-state index is 0.367. The second kappa shape index (κ2) is 5.66. The van der Waals surface area contributed by atoms with E-state index in [1.54, 1.807) is 0 Å². The molecule has 0 aliphatic rings. The predicted octanol–water partition coefficient (Wildman–Crippen LogP) is 3.99. The molecule has 2 heteroatoms. The maximum atomic E-state index is 10.0. The topological polar surface area (TPSA) is 20.2 Å². The summed E-state index contributed by atoms with van der Waals surface area (Å²) in [7, 11) is 0. The number of hydrogen-bond donors (Lipinski definition) is 1. The molecule has 1 rings (SSSR count). The van der Waals surface area contributed by atoms with E-state index >= 15 is 0 Å². The van der Waals surface area contributed by atoms with Crippen LogP contribution in [-0.2, 0) is 0 Å². The van der Waals surface area contributed by atoms with Gasteiger partial charge >= 0.3 is 0 Å². The second-order valence-electron chi connectivity index (χ2n) is 3.99. The fourth-order valence-corrected chi connectivity index (χ4v) is 2.19. The first-order chi connectivity index (χ1) is 7.02. The average Bonchev–Trinajstić information content (AvgIpc) is 2.18. The summed E-state index contributed by atoms with van der Waals surface area (Å²) in [4.78, 5) is 0. The van der Waals surface area contributed by atoms with Crippen LogP contribution in [0.4, 0.5) is 0 Å². The molecule has 0 aliphatic heterocycles. The quantitative estimate of drug-likeness (QED) is 0.658. The highest BCUT2D eigenvalue weighted by molar-refractivity contribution is 14.1. The molecule has 0 aliphatic carbocycles. The normalized spacial score (nSPS) is 12.5. The number of aryl methyl sites for hydroxylation is 1. The van der Waals surface area contributed by atoms with Gasteiger partial charge in [0.25, 0.3) is 0 Å². The lowest BCUT2D eigenvalue weighted by Gasteiger charge is -2.14. The van der Waals surface area contributed by atoms with Crippen LogP contribution >= 0.6 is 22.6 Å². The Labute approximate surface area is 105 Å². The van der Waals surface area contributed by atoms with Crippen LogP contribution in [-0.4, -0.2) is 5.11 Å². The first kappa shape index (κ1) is 12.7. The van der Waals surface area contributed by atoms with E-state index in [1.807, 2.05) is 19.1 Å². The minimum Gasteiger partial charge on any atom is -0.388 e. The molecule has 1 aromatic carbocycles. The largest absolute Gasteiger partial charge is 0.388 e. The molecular formula is C13H17IO. The lowest BCUT2D eigenvalue weighted by molar-refractivity contribution is 0.167. The number of hydrogen-bond acceptors (Lipinski definition) is 1. The second-order valence-corrected chi connectivity index (χ2v) is 5.07. The highest BCUT2D eigenvalue weighted by atomic mass is 127. The summed E-state index contributed by atoms with van der Waals surface area (Å²) in [5.74, 6) is 0. The molecule has 82 valence electrons. The standard InChI is InChI=1S/C13H17IO/c1-9(2)7-8-12(15)11-6-4-5-10(3)13(11)14/h4-6,12,15H,1,7-8H2,2-3H3. The lowest BCUT2D eigenvalue weighted by atomic mass is 10.0. The molecule has 0 saturated heterocycles. The number of rotatable bonds is 4. The fraction of sp³-hybridized carbons (Fsp3) is 0.385. The van der Waals surface area contributed by atoms with Crippen LogP contribution in [0.25, 0.3) is 0 Å². The van der Waals surface area contributed by atoms with Crippen molar-refractivity contribution in [3.8, 4) is 0 Å². The van der Waals surface area contributed by atoms with E-state index < -0.39 is 0 Å². The third-order valence-electron chi connectivity index (χ3n) is 2.43. The van der Waals surface area contributed by atoms with Crippen molar-refractivity contribution in [3.63, 3.8) is 0 Å². The number of allylic oxidation sites excluding steroid dienone is 1. The predicted molar refractivity (Wildman–Crippen MR) is 72.9 cm³/mol. The average molecular weight is 316 g/mol.